The van der Waals surface area contributed by atoms with Crippen molar-refractivity contribution in [3.05, 3.63) is 11.3 Å². The van der Waals surface area contributed by atoms with Gasteiger partial charge in [-0.3, -0.25) is 15.1 Å². The first-order valence-corrected chi connectivity index (χ1v) is 7.63. The molecule has 0 radical (unpaired) electrons. The molecular weight excluding hydrogens is 266 g/mol. The first-order chi connectivity index (χ1) is 9.77. The molecule has 1 atom stereocenters. The van der Waals surface area contributed by atoms with Crippen molar-refractivity contribution in [1.29, 1.82) is 0 Å². The van der Waals surface area contributed by atoms with Gasteiger partial charge in [-0.05, 0) is 33.6 Å². The maximum Gasteiger partial charge on any atom is 0.226 e. The summed E-state index contributed by atoms with van der Waals surface area (Å²) in [7, 11) is 0. The van der Waals surface area contributed by atoms with Crippen LogP contribution in [0.5, 0.6) is 0 Å². The molecule has 0 aromatic heterocycles. The van der Waals surface area contributed by atoms with Crippen molar-refractivity contribution in [2.24, 2.45) is 10.9 Å². The molecule has 0 aliphatic heterocycles. The highest BCUT2D eigenvalue weighted by Crippen LogP contribution is 2.03. The molecule has 0 saturated heterocycles. The number of aliphatic hydroxyl groups excluding tert-OH is 1. The van der Waals surface area contributed by atoms with E-state index in [4.69, 9.17) is 0 Å². The number of nitrogens with zero attached hydrogens (tertiary/aromatic N) is 2. The maximum absolute atomic E-state index is 12.0. The van der Waals surface area contributed by atoms with E-state index < -0.39 is 6.23 Å². The lowest BCUT2D eigenvalue weighted by atomic mass is 10.2. The minimum absolute atomic E-state index is 0.0244. The summed E-state index contributed by atoms with van der Waals surface area (Å²) in [4.78, 5) is 18.1. The molecule has 0 aromatic carbocycles. The van der Waals surface area contributed by atoms with Crippen molar-refractivity contribution < 1.29 is 9.90 Å². The van der Waals surface area contributed by atoms with E-state index in [1.807, 2.05) is 27.7 Å². The highest BCUT2D eigenvalue weighted by Gasteiger charge is 2.16. The van der Waals surface area contributed by atoms with Crippen LogP contribution in [0.3, 0.4) is 0 Å². The second-order valence-electron chi connectivity index (χ2n) is 5.85. The maximum atomic E-state index is 12.0. The molecule has 0 rings (SSSR count). The van der Waals surface area contributed by atoms with Crippen molar-refractivity contribution in [2.75, 3.05) is 19.6 Å². The summed E-state index contributed by atoms with van der Waals surface area (Å²) in [5.74, 6) is 0.404. The molecule has 1 amide bonds. The third kappa shape index (κ3) is 9.37. The Morgan fingerprint density at radius 3 is 2.43 bits per heavy atom. The van der Waals surface area contributed by atoms with Gasteiger partial charge < -0.3 is 10.0 Å². The van der Waals surface area contributed by atoms with Crippen LogP contribution in [0.15, 0.2) is 16.3 Å². The minimum atomic E-state index is -0.836. The molecule has 21 heavy (non-hydrogen) atoms. The molecule has 0 aliphatic carbocycles. The van der Waals surface area contributed by atoms with E-state index in [2.05, 4.69) is 24.2 Å². The summed E-state index contributed by atoms with van der Waals surface area (Å²) in [6.07, 6.45) is 0.967. The molecule has 0 bridgehead atoms. The van der Waals surface area contributed by atoms with E-state index in [1.165, 1.54) is 0 Å². The zero-order valence-corrected chi connectivity index (χ0v) is 14.3. The van der Waals surface area contributed by atoms with Gasteiger partial charge in [-0.25, -0.2) is 0 Å². The quantitative estimate of drug-likeness (QED) is 0.506. The number of rotatable bonds is 9. The average Bonchev–Trinajstić information content (AvgIpc) is 2.39. The highest BCUT2D eigenvalue weighted by molar-refractivity contribution is 5.76. The van der Waals surface area contributed by atoms with Crippen molar-refractivity contribution in [2.45, 2.75) is 54.2 Å². The molecule has 5 heteroatoms. The summed E-state index contributed by atoms with van der Waals surface area (Å²) < 4.78 is 0. The average molecular weight is 297 g/mol. The van der Waals surface area contributed by atoms with E-state index in [1.54, 1.807) is 11.1 Å². The van der Waals surface area contributed by atoms with Gasteiger partial charge in [0.1, 0.15) is 6.23 Å². The lowest BCUT2D eigenvalue weighted by Gasteiger charge is -2.24. The Kier molecular flexibility index (Phi) is 9.91. The predicted octanol–water partition coefficient (Wildman–Crippen LogP) is 2.17. The van der Waals surface area contributed by atoms with Crippen molar-refractivity contribution >= 4 is 12.1 Å². The lowest BCUT2D eigenvalue weighted by Crippen LogP contribution is -2.40. The number of hydrogen-bond donors (Lipinski definition) is 2. The summed E-state index contributed by atoms with van der Waals surface area (Å²) in [6.45, 7) is 13.9. The number of hydrogen-bond acceptors (Lipinski definition) is 4. The van der Waals surface area contributed by atoms with Gasteiger partial charge in [-0.15, -0.1) is 0 Å². The predicted molar refractivity (Wildman–Crippen MR) is 88.3 cm³/mol. The van der Waals surface area contributed by atoms with Gasteiger partial charge in [-0.1, -0.05) is 19.4 Å². The number of nitrogens with one attached hydrogen (secondary N) is 1. The number of aliphatic hydroxyl groups is 1. The van der Waals surface area contributed by atoms with Crippen LogP contribution in [0, 0.1) is 5.92 Å². The lowest BCUT2D eigenvalue weighted by molar-refractivity contribution is -0.133. The Bertz CT molecular complexity index is 372. The monoisotopic (exact) mass is 297 g/mol. The first-order valence-electron chi connectivity index (χ1n) is 7.63. The zero-order valence-electron chi connectivity index (χ0n) is 14.3. The fraction of sp³-hybridized carbons (Fsp3) is 0.750. The minimum Gasteiger partial charge on any atom is -0.378 e. The van der Waals surface area contributed by atoms with Crippen LogP contribution in [0.1, 0.15) is 48.0 Å². The van der Waals surface area contributed by atoms with Crippen molar-refractivity contribution in [1.82, 2.24) is 10.2 Å². The molecule has 0 spiro atoms. The highest BCUT2D eigenvalue weighted by atomic mass is 16.3. The normalized spacial score (nSPS) is 12.8. The Balaban J connectivity index is 4.16. The van der Waals surface area contributed by atoms with Crippen molar-refractivity contribution in [3.8, 4) is 0 Å². The van der Waals surface area contributed by atoms with Gasteiger partial charge in [0.25, 0.3) is 0 Å². The van der Waals surface area contributed by atoms with Crippen LogP contribution in [0.25, 0.3) is 0 Å². The van der Waals surface area contributed by atoms with E-state index >= 15 is 0 Å². The Labute approximate surface area is 129 Å². The van der Waals surface area contributed by atoms with Crippen LogP contribution in [0.2, 0.25) is 0 Å². The Morgan fingerprint density at radius 1 is 1.33 bits per heavy atom. The molecule has 0 aliphatic rings. The SMILES string of the molecule is CCN(CC(C)C)C(=O)CC(O)NCC=NC(C)=C(C)C. The fourth-order valence-electron chi connectivity index (χ4n) is 1.72. The molecule has 2 N–H and O–H groups in total. The summed E-state index contributed by atoms with van der Waals surface area (Å²) >= 11 is 0. The van der Waals surface area contributed by atoms with Crippen LogP contribution in [-0.2, 0) is 4.79 Å². The van der Waals surface area contributed by atoms with Gasteiger partial charge in [-0.2, -0.15) is 0 Å². The molecule has 0 heterocycles. The summed E-state index contributed by atoms with van der Waals surface area (Å²) in [5, 5.41) is 12.7. The fourth-order valence-corrected chi connectivity index (χ4v) is 1.72. The number of carbonyl (C=O) groups excluding carboxylic acids is 1. The molecule has 122 valence electrons. The number of amides is 1. The zero-order chi connectivity index (χ0) is 16.4. The molecule has 0 aromatic rings. The molecule has 5 nitrogen and oxygen atoms in total. The second-order valence-corrected chi connectivity index (χ2v) is 5.85. The Hall–Kier alpha value is -1.20. The standard InChI is InChI=1S/C16H31N3O2/c1-7-19(11-12(2)3)16(21)10-15(20)18-9-8-17-14(6)13(4)5/h8,12,15,18,20H,7,9-11H2,1-6H3. The first kappa shape index (κ1) is 19.8. The number of allylic oxidation sites excluding steroid dienone is 2. The van der Waals surface area contributed by atoms with Crippen molar-refractivity contribution in [3.63, 3.8) is 0 Å². The van der Waals surface area contributed by atoms with Crippen LogP contribution in [0.4, 0.5) is 0 Å². The molecule has 0 saturated carbocycles. The summed E-state index contributed by atoms with van der Waals surface area (Å²) in [6, 6.07) is 0. The third-order valence-electron chi connectivity index (χ3n) is 3.14. The number of carbonyl (C=O) groups is 1. The van der Waals surface area contributed by atoms with Gasteiger partial charge in [0, 0.05) is 31.5 Å². The van der Waals surface area contributed by atoms with Gasteiger partial charge >= 0.3 is 0 Å². The molecule has 1 unspecified atom stereocenters. The smallest absolute Gasteiger partial charge is 0.226 e. The molecular formula is C16H31N3O2. The largest absolute Gasteiger partial charge is 0.378 e. The van der Waals surface area contributed by atoms with Gasteiger partial charge in [0.2, 0.25) is 5.91 Å². The van der Waals surface area contributed by atoms with E-state index in [-0.39, 0.29) is 12.3 Å². The van der Waals surface area contributed by atoms with Crippen LogP contribution >= 0.6 is 0 Å². The van der Waals surface area contributed by atoms with E-state index in [0.717, 1.165) is 17.8 Å². The van der Waals surface area contributed by atoms with Crippen LogP contribution in [-0.4, -0.2) is 48.0 Å². The van der Waals surface area contributed by atoms with E-state index in [9.17, 15) is 9.90 Å². The van der Waals surface area contributed by atoms with Crippen LogP contribution < -0.4 is 5.32 Å². The number of aliphatic imine (C=N–C) groups is 1. The van der Waals surface area contributed by atoms with Gasteiger partial charge in [0.15, 0.2) is 0 Å². The van der Waals surface area contributed by atoms with E-state index in [0.29, 0.717) is 19.0 Å². The third-order valence-corrected chi connectivity index (χ3v) is 3.14. The summed E-state index contributed by atoms with van der Waals surface area (Å²) in [5.41, 5.74) is 2.13. The topological polar surface area (TPSA) is 64.9 Å². The van der Waals surface area contributed by atoms with Gasteiger partial charge in [0.05, 0.1) is 6.42 Å². The Morgan fingerprint density at radius 2 is 1.95 bits per heavy atom. The molecule has 0 fully saturated rings. The second kappa shape index (κ2) is 10.5.